The molecule has 4 heteroatoms. The third-order valence-corrected chi connectivity index (χ3v) is 1.39. The molecule has 0 atom stereocenters. The summed E-state index contributed by atoms with van der Waals surface area (Å²) in [5.41, 5.74) is 0.551. The van der Waals surface area contributed by atoms with Crippen molar-refractivity contribution in [2.45, 2.75) is 6.61 Å². The fraction of sp³-hybridized carbons (Fsp3) is 0.200. The summed E-state index contributed by atoms with van der Waals surface area (Å²) in [6.07, 6.45) is 1.63. The van der Waals surface area contributed by atoms with Gasteiger partial charge in [0.25, 0.3) is 0 Å². The van der Waals surface area contributed by atoms with Crippen molar-refractivity contribution < 1.29 is 25.5 Å². The van der Waals surface area contributed by atoms with Crippen LogP contribution in [0.1, 0.15) is 5.56 Å². The molecule has 0 aromatic heterocycles. The molecule has 14 heavy (non-hydrogen) atoms. The van der Waals surface area contributed by atoms with Crippen molar-refractivity contribution in [2.24, 2.45) is 0 Å². The second-order valence-corrected chi connectivity index (χ2v) is 2.32. The van der Waals surface area contributed by atoms with E-state index in [-0.39, 0.29) is 12.4 Å². The summed E-state index contributed by atoms with van der Waals surface area (Å²) in [6.45, 7) is 4.22. The van der Waals surface area contributed by atoms with Crippen molar-refractivity contribution in [1.29, 1.82) is 0 Å². The van der Waals surface area contributed by atoms with Crippen molar-refractivity contribution in [1.82, 2.24) is 0 Å². The van der Waals surface area contributed by atoms with Gasteiger partial charge in [-0.05, 0) is 0 Å². The van der Waals surface area contributed by atoms with Gasteiger partial charge >= 0.3 is 30.0 Å². The SMILES string of the molecule is C=CCOCc1cc[c-]cc1F.[Zn+][Br]. The van der Waals surface area contributed by atoms with Crippen LogP contribution in [0, 0.1) is 11.9 Å². The van der Waals surface area contributed by atoms with E-state index in [1.54, 1.807) is 18.2 Å². The average molecular weight is 310 g/mol. The van der Waals surface area contributed by atoms with E-state index in [0.717, 1.165) is 0 Å². The molecule has 0 heterocycles. The number of benzene rings is 1. The van der Waals surface area contributed by atoms with Crippen LogP contribution >= 0.6 is 13.6 Å². The molecule has 0 unspecified atom stereocenters. The average Bonchev–Trinajstić information content (AvgIpc) is 2.24. The van der Waals surface area contributed by atoms with E-state index in [0.29, 0.717) is 12.2 Å². The van der Waals surface area contributed by atoms with Crippen molar-refractivity contribution in [3.8, 4) is 0 Å². The van der Waals surface area contributed by atoms with Crippen LogP contribution in [0.2, 0.25) is 0 Å². The van der Waals surface area contributed by atoms with Crippen LogP contribution in [0.15, 0.2) is 30.9 Å². The van der Waals surface area contributed by atoms with Gasteiger partial charge in [0.05, 0.1) is 13.2 Å². The number of halogens is 2. The topological polar surface area (TPSA) is 9.23 Å². The Morgan fingerprint density at radius 2 is 2.36 bits per heavy atom. The molecule has 1 aromatic rings. The summed E-state index contributed by atoms with van der Waals surface area (Å²) < 4.78 is 18.0. The molecule has 0 N–H and O–H groups in total. The van der Waals surface area contributed by atoms with Gasteiger partial charge in [0, 0.05) is 5.82 Å². The Bertz CT molecular complexity index is 268. The molecular weight excluding hydrogens is 300 g/mol. The van der Waals surface area contributed by atoms with Crippen LogP contribution in [-0.2, 0) is 27.7 Å². The van der Waals surface area contributed by atoms with Gasteiger partial charge in [0.15, 0.2) is 0 Å². The molecule has 0 saturated carbocycles. The van der Waals surface area contributed by atoms with Crippen LogP contribution < -0.4 is 0 Å². The van der Waals surface area contributed by atoms with Crippen LogP contribution in [0.5, 0.6) is 0 Å². The molecule has 72 valence electrons. The van der Waals surface area contributed by atoms with Crippen molar-refractivity contribution in [2.75, 3.05) is 6.61 Å². The van der Waals surface area contributed by atoms with E-state index in [2.05, 4.69) is 26.3 Å². The Hall–Kier alpha value is -0.0466. The maximum atomic E-state index is 12.9. The number of hydrogen-bond donors (Lipinski definition) is 0. The van der Waals surface area contributed by atoms with Gasteiger partial charge in [-0.1, -0.05) is 11.6 Å². The van der Waals surface area contributed by atoms with E-state index in [9.17, 15) is 4.39 Å². The summed E-state index contributed by atoms with van der Waals surface area (Å²) in [4.78, 5) is 0. The number of rotatable bonds is 4. The predicted molar refractivity (Wildman–Crippen MR) is 54.0 cm³/mol. The fourth-order valence-corrected chi connectivity index (χ4v) is 0.812. The zero-order chi connectivity index (χ0) is 10.8. The van der Waals surface area contributed by atoms with Crippen LogP contribution in [-0.4, -0.2) is 6.61 Å². The zero-order valence-corrected chi connectivity index (χ0v) is 12.4. The van der Waals surface area contributed by atoms with Gasteiger partial charge in [-0.3, -0.25) is 4.39 Å². The molecule has 0 bridgehead atoms. The third-order valence-electron chi connectivity index (χ3n) is 1.39. The van der Waals surface area contributed by atoms with Gasteiger partial charge in [0.2, 0.25) is 0 Å². The van der Waals surface area contributed by atoms with Crippen LogP contribution in [0.3, 0.4) is 0 Å². The molecule has 0 radical (unpaired) electrons. The van der Waals surface area contributed by atoms with Crippen molar-refractivity contribution in [3.05, 3.63) is 48.3 Å². The molecule has 1 rings (SSSR count). The van der Waals surface area contributed by atoms with E-state index in [1.807, 2.05) is 0 Å². The van der Waals surface area contributed by atoms with Gasteiger partial charge in [-0.15, -0.1) is 12.6 Å². The van der Waals surface area contributed by atoms with E-state index < -0.39 is 0 Å². The molecule has 0 amide bonds. The van der Waals surface area contributed by atoms with Crippen LogP contribution in [0.25, 0.3) is 0 Å². The minimum absolute atomic E-state index is 0.276. The predicted octanol–water partition coefficient (Wildman–Crippen LogP) is 3.17. The Kier molecular flexibility index (Phi) is 9.47. The summed E-state index contributed by atoms with van der Waals surface area (Å²) in [7, 11) is 0. The third kappa shape index (κ3) is 5.63. The number of hydrogen-bond acceptors (Lipinski definition) is 1. The molecule has 0 saturated heterocycles. The van der Waals surface area contributed by atoms with Gasteiger partial charge in [0.1, 0.15) is 0 Å². The Morgan fingerprint density at radius 1 is 1.64 bits per heavy atom. The second-order valence-electron chi connectivity index (χ2n) is 2.32. The summed E-state index contributed by atoms with van der Waals surface area (Å²) in [6, 6.07) is 7.25. The Labute approximate surface area is 100 Å². The van der Waals surface area contributed by atoms with E-state index >= 15 is 0 Å². The fourth-order valence-electron chi connectivity index (χ4n) is 0.812. The minimum atomic E-state index is -0.276. The van der Waals surface area contributed by atoms with Crippen molar-refractivity contribution >= 4 is 13.6 Å². The van der Waals surface area contributed by atoms with Gasteiger partial charge in [-0.2, -0.15) is 18.2 Å². The van der Waals surface area contributed by atoms with Gasteiger partial charge < -0.3 is 4.74 Å². The first-order chi connectivity index (χ1) is 6.84. The first kappa shape index (κ1) is 14.0. The maximum absolute atomic E-state index is 12.9. The van der Waals surface area contributed by atoms with Gasteiger partial charge in [-0.25, -0.2) is 0 Å². The first-order valence-electron chi connectivity index (χ1n) is 3.94. The number of ether oxygens (including phenoxy) is 1. The molecule has 0 fully saturated rings. The quantitative estimate of drug-likeness (QED) is 0.359. The van der Waals surface area contributed by atoms with E-state index in [1.165, 1.54) is 22.4 Å². The first-order valence-corrected chi connectivity index (χ1v) is 10.9. The van der Waals surface area contributed by atoms with Crippen LogP contribution in [0.4, 0.5) is 4.39 Å². The summed E-state index contributed by atoms with van der Waals surface area (Å²) in [5.74, 6) is -0.276. The standard InChI is InChI=1S/C10H10FO.BrH.Zn/c1-2-7-12-8-9-5-3-4-6-10(9)11;;/h2-3,5-6H,1,7-8H2;1H;/q-1;;+2/p-1. The summed E-state index contributed by atoms with van der Waals surface area (Å²) in [5, 5.41) is 0. The van der Waals surface area contributed by atoms with E-state index in [4.69, 9.17) is 4.74 Å². The second kappa shape index (κ2) is 9.51. The Balaban J connectivity index is 0.000000791. The molecule has 1 aromatic carbocycles. The monoisotopic (exact) mass is 308 g/mol. The molecule has 0 aliphatic rings. The summed E-state index contributed by atoms with van der Waals surface area (Å²) >= 11 is 4.25. The molecule has 0 aliphatic heterocycles. The normalized spacial score (nSPS) is 8.86. The van der Waals surface area contributed by atoms with Crippen molar-refractivity contribution in [3.63, 3.8) is 0 Å². The Morgan fingerprint density at radius 3 is 2.93 bits per heavy atom. The molecule has 1 nitrogen and oxygen atoms in total. The zero-order valence-electron chi connectivity index (χ0n) is 7.80. The molecule has 0 spiro atoms. The molecular formula is C10H10BrFOZn. The molecule has 0 aliphatic carbocycles.